The molecule has 1 aliphatic heterocycles. The van der Waals surface area contributed by atoms with Gasteiger partial charge < -0.3 is 0 Å². The zero-order valence-corrected chi connectivity index (χ0v) is 17.7. The molecule has 1 aliphatic rings. The van der Waals surface area contributed by atoms with Crippen molar-refractivity contribution in [1.82, 2.24) is 4.90 Å². The molecular weight excluding hydrogens is 431 g/mol. The number of halogens is 3. The second kappa shape index (κ2) is 8.53. The lowest BCUT2D eigenvalue weighted by Gasteiger charge is -2.31. The van der Waals surface area contributed by atoms with Crippen molar-refractivity contribution in [2.24, 2.45) is 0 Å². The first-order valence-corrected chi connectivity index (χ1v) is 12.0. The minimum atomic E-state index is -3.49. The number of piperidine rings is 1. The summed E-state index contributed by atoms with van der Waals surface area (Å²) in [5, 5.41) is 1.43. The predicted octanol–water partition coefficient (Wildman–Crippen LogP) is 5.27. The Morgan fingerprint density at radius 2 is 1.60 bits per heavy atom. The van der Waals surface area contributed by atoms with Gasteiger partial charge >= 0.3 is 0 Å². The van der Waals surface area contributed by atoms with Gasteiger partial charge in [0.25, 0.3) is 0 Å². The van der Waals surface area contributed by atoms with E-state index in [1.807, 2.05) is 29.6 Å². The first-order valence-electron chi connectivity index (χ1n) is 9.58. The summed E-state index contributed by atoms with van der Waals surface area (Å²) in [6, 6.07) is 12.2. The molecule has 0 N–H and O–H groups in total. The molecule has 2 aromatic carbocycles. The molecule has 0 atom stereocenters. The molecule has 3 nitrogen and oxygen atoms in total. The van der Waals surface area contributed by atoms with E-state index in [9.17, 15) is 21.6 Å². The highest BCUT2D eigenvalue weighted by Gasteiger charge is 2.31. The Hall–Kier alpha value is -2.16. The number of sulfone groups is 1. The van der Waals surface area contributed by atoms with Crippen LogP contribution < -0.4 is 0 Å². The summed E-state index contributed by atoms with van der Waals surface area (Å²) in [6.07, 6.45) is 0.749. The van der Waals surface area contributed by atoms with Crippen LogP contribution in [0.3, 0.4) is 0 Å². The molecule has 2 heterocycles. The maximum atomic E-state index is 13.9. The van der Waals surface area contributed by atoms with Gasteiger partial charge in [0, 0.05) is 29.1 Å². The maximum Gasteiger partial charge on any atom is 0.181 e. The fourth-order valence-electron chi connectivity index (χ4n) is 3.77. The molecule has 3 aromatic rings. The minimum absolute atomic E-state index is 0.0137. The minimum Gasteiger partial charge on any atom is -0.299 e. The highest BCUT2D eigenvalue weighted by molar-refractivity contribution is 7.92. The summed E-state index contributed by atoms with van der Waals surface area (Å²) in [6.45, 7) is 0.779. The number of thiophene rings is 1. The van der Waals surface area contributed by atoms with Crippen molar-refractivity contribution in [2.45, 2.75) is 29.5 Å². The number of benzene rings is 2. The van der Waals surface area contributed by atoms with E-state index < -0.39 is 32.5 Å². The molecule has 0 saturated carbocycles. The van der Waals surface area contributed by atoms with Crippen molar-refractivity contribution in [3.8, 4) is 10.4 Å². The van der Waals surface area contributed by atoms with Crippen LogP contribution in [0.5, 0.6) is 0 Å². The second-order valence-corrected chi connectivity index (χ2v) is 10.5. The molecule has 30 heavy (non-hydrogen) atoms. The molecule has 0 radical (unpaired) electrons. The molecular formula is C22H20F3NO2S2. The van der Waals surface area contributed by atoms with Gasteiger partial charge in [-0.15, -0.1) is 11.3 Å². The molecule has 1 saturated heterocycles. The van der Waals surface area contributed by atoms with Crippen molar-refractivity contribution in [2.75, 3.05) is 13.1 Å². The lowest BCUT2D eigenvalue weighted by molar-refractivity contribution is 0.216. The van der Waals surface area contributed by atoms with Crippen molar-refractivity contribution in [1.29, 1.82) is 0 Å². The van der Waals surface area contributed by atoms with Crippen LogP contribution in [-0.4, -0.2) is 31.7 Å². The molecule has 1 fully saturated rings. The van der Waals surface area contributed by atoms with Crippen LogP contribution in [0.25, 0.3) is 10.4 Å². The topological polar surface area (TPSA) is 37.4 Å². The lowest BCUT2D eigenvalue weighted by Crippen LogP contribution is -2.39. The first-order chi connectivity index (χ1) is 14.3. The molecule has 8 heteroatoms. The first kappa shape index (κ1) is 21.1. The monoisotopic (exact) mass is 451 g/mol. The van der Waals surface area contributed by atoms with Gasteiger partial charge in [-0.25, -0.2) is 21.6 Å². The van der Waals surface area contributed by atoms with E-state index in [1.54, 1.807) is 28.4 Å². The summed E-state index contributed by atoms with van der Waals surface area (Å²) in [7, 11) is -3.49. The molecule has 0 bridgehead atoms. The van der Waals surface area contributed by atoms with Gasteiger partial charge in [0.2, 0.25) is 0 Å². The number of rotatable bonds is 5. The molecule has 0 aliphatic carbocycles. The van der Waals surface area contributed by atoms with Crippen molar-refractivity contribution < 1.29 is 21.6 Å². The van der Waals surface area contributed by atoms with Gasteiger partial charge in [-0.05, 0) is 55.1 Å². The average Bonchev–Trinajstić information content (AvgIpc) is 3.26. The highest BCUT2D eigenvalue weighted by atomic mass is 32.2. The van der Waals surface area contributed by atoms with Crippen LogP contribution in [0.4, 0.5) is 13.2 Å². The Morgan fingerprint density at radius 1 is 0.967 bits per heavy atom. The van der Waals surface area contributed by atoms with E-state index in [0.717, 1.165) is 10.4 Å². The van der Waals surface area contributed by atoms with Crippen LogP contribution in [0, 0.1) is 17.5 Å². The van der Waals surface area contributed by atoms with Crippen LogP contribution in [-0.2, 0) is 16.4 Å². The quantitative estimate of drug-likeness (QED) is 0.530. The second-order valence-electron chi connectivity index (χ2n) is 7.37. The Bertz CT molecular complexity index is 1100. The average molecular weight is 452 g/mol. The van der Waals surface area contributed by atoms with Gasteiger partial charge in [-0.1, -0.05) is 18.2 Å². The molecule has 158 valence electrons. The Morgan fingerprint density at radius 3 is 2.17 bits per heavy atom. The van der Waals surface area contributed by atoms with Gasteiger partial charge in [0.15, 0.2) is 9.84 Å². The highest BCUT2D eigenvalue weighted by Crippen LogP contribution is 2.29. The third kappa shape index (κ3) is 4.31. The van der Waals surface area contributed by atoms with Crippen LogP contribution >= 0.6 is 11.3 Å². The summed E-state index contributed by atoms with van der Waals surface area (Å²) in [5.41, 5.74) is 0.781. The van der Waals surface area contributed by atoms with E-state index in [0.29, 0.717) is 38.1 Å². The van der Waals surface area contributed by atoms with E-state index in [2.05, 4.69) is 0 Å². The van der Waals surface area contributed by atoms with Crippen LogP contribution in [0.1, 0.15) is 18.4 Å². The zero-order valence-electron chi connectivity index (χ0n) is 16.0. The number of hydrogen-bond donors (Lipinski definition) is 0. The molecule has 1 aromatic heterocycles. The third-order valence-corrected chi connectivity index (χ3v) is 8.65. The normalized spacial score (nSPS) is 16.1. The van der Waals surface area contributed by atoms with Gasteiger partial charge in [0.1, 0.15) is 17.5 Å². The number of hydrogen-bond acceptors (Lipinski definition) is 4. The van der Waals surface area contributed by atoms with Crippen LogP contribution in [0.2, 0.25) is 0 Å². The van der Waals surface area contributed by atoms with Gasteiger partial charge in [-0.3, -0.25) is 4.90 Å². The van der Waals surface area contributed by atoms with Crippen LogP contribution in [0.15, 0.2) is 58.8 Å². The molecule has 0 spiro atoms. The predicted molar refractivity (Wildman–Crippen MR) is 112 cm³/mol. The van der Waals surface area contributed by atoms with Crippen molar-refractivity contribution in [3.63, 3.8) is 0 Å². The standard InChI is InChI=1S/C22H20F3NO2S2/c23-16-12-20(24)19(21(25)13-16)14-26-9-7-18(8-10-26)30(27,28)17-5-3-15(4-6-17)22-2-1-11-29-22/h1-6,11-13,18H,7-10,14H2. The summed E-state index contributed by atoms with van der Waals surface area (Å²) < 4.78 is 66.9. The van der Waals surface area contributed by atoms with Gasteiger partial charge in [-0.2, -0.15) is 0 Å². The molecule has 0 unspecified atom stereocenters. The van der Waals surface area contributed by atoms with E-state index in [-0.39, 0.29) is 17.0 Å². The fraction of sp³-hybridized carbons (Fsp3) is 0.273. The number of nitrogens with zero attached hydrogens (tertiary/aromatic N) is 1. The third-order valence-electron chi connectivity index (χ3n) is 5.45. The van der Waals surface area contributed by atoms with E-state index in [4.69, 9.17) is 0 Å². The van der Waals surface area contributed by atoms with Gasteiger partial charge in [0.05, 0.1) is 10.1 Å². The largest absolute Gasteiger partial charge is 0.299 e. The summed E-state index contributed by atoms with van der Waals surface area (Å²) >= 11 is 1.59. The Kier molecular flexibility index (Phi) is 5.99. The van der Waals surface area contributed by atoms with E-state index >= 15 is 0 Å². The molecule has 0 amide bonds. The lowest BCUT2D eigenvalue weighted by atomic mass is 10.1. The fourth-order valence-corrected chi connectivity index (χ4v) is 6.23. The smallest absolute Gasteiger partial charge is 0.181 e. The SMILES string of the molecule is O=S(=O)(c1ccc(-c2cccs2)cc1)C1CCN(Cc2c(F)cc(F)cc2F)CC1. The van der Waals surface area contributed by atoms with Crippen molar-refractivity contribution in [3.05, 3.63) is 76.9 Å². The summed E-state index contributed by atoms with van der Waals surface area (Å²) in [5.74, 6) is -2.80. The number of likely N-dealkylation sites (tertiary alicyclic amines) is 1. The Labute approximate surface area is 177 Å². The van der Waals surface area contributed by atoms with Crippen molar-refractivity contribution >= 4 is 21.2 Å². The van der Waals surface area contributed by atoms with E-state index in [1.165, 1.54) is 0 Å². The Balaban J connectivity index is 1.42. The zero-order chi connectivity index (χ0) is 21.3. The summed E-state index contributed by atoms with van der Waals surface area (Å²) in [4.78, 5) is 3.16. The maximum absolute atomic E-state index is 13.9. The molecule has 4 rings (SSSR count).